The van der Waals surface area contributed by atoms with Crippen LogP contribution in [0.2, 0.25) is 0 Å². The zero-order chi connectivity index (χ0) is 18.1. The molecule has 4 rings (SSSR count). The van der Waals surface area contributed by atoms with E-state index in [1.807, 2.05) is 30.3 Å². The van der Waals surface area contributed by atoms with E-state index < -0.39 is 0 Å². The summed E-state index contributed by atoms with van der Waals surface area (Å²) in [5, 5.41) is 16.9. The lowest BCUT2D eigenvalue weighted by molar-refractivity contribution is 0.0932. The second-order valence-corrected chi connectivity index (χ2v) is 6.71. The normalized spacial score (nSPS) is 15.5. The third kappa shape index (κ3) is 3.06. The number of nitrogens with one attached hydrogen (secondary N) is 3. The highest BCUT2D eigenvalue weighted by molar-refractivity contribution is 5.97. The molecule has 0 bridgehead atoms. The number of H-pyrrole nitrogens is 1. The van der Waals surface area contributed by atoms with Crippen molar-refractivity contribution in [2.24, 2.45) is 0 Å². The molecule has 132 valence electrons. The lowest BCUT2D eigenvalue weighted by atomic mass is 10.1. The molecule has 3 aromatic rings. The molecule has 1 aliphatic carbocycles. The minimum Gasteiger partial charge on any atom is -0.344 e. The number of amides is 1. The van der Waals surface area contributed by atoms with E-state index in [1.54, 1.807) is 0 Å². The second kappa shape index (κ2) is 6.63. The van der Waals surface area contributed by atoms with Crippen LogP contribution in [0, 0.1) is 13.8 Å². The molecule has 1 aliphatic rings. The lowest BCUT2D eigenvalue weighted by Crippen LogP contribution is -2.28. The lowest BCUT2D eigenvalue weighted by Gasteiger charge is -2.14. The Bertz CT molecular complexity index is 962. The molecular formula is C20H21N5O. The molecule has 0 unspecified atom stereocenters. The molecule has 1 aromatic heterocycles. The van der Waals surface area contributed by atoms with E-state index in [4.69, 9.17) is 0 Å². The van der Waals surface area contributed by atoms with E-state index in [1.165, 1.54) is 22.3 Å². The first-order valence-electron chi connectivity index (χ1n) is 8.75. The van der Waals surface area contributed by atoms with Crippen molar-refractivity contribution in [2.45, 2.75) is 32.7 Å². The van der Waals surface area contributed by atoms with Crippen LogP contribution in [0.5, 0.6) is 0 Å². The van der Waals surface area contributed by atoms with Crippen LogP contribution in [0.3, 0.4) is 0 Å². The molecule has 0 saturated carbocycles. The fourth-order valence-corrected chi connectivity index (χ4v) is 3.37. The number of hydrogen-bond donors (Lipinski definition) is 3. The van der Waals surface area contributed by atoms with Crippen molar-refractivity contribution < 1.29 is 4.79 Å². The standard InChI is InChI=1S/C20H21N5O/c1-12-7-9-15(11-13(12)2)21-19-18(23-25-24-19)20(26)22-17-10-8-14-5-3-4-6-16(14)17/h3-7,9,11,17H,8,10H2,1-2H3,(H,22,26)(H2,21,23,24,25)/t17-/m0/s1. The molecule has 6 heteroatoms. The fraction of sp³-hybridized carbons (Fsp3) is 0.250. The van der Waals surface area contributed by atoms with E-state index in [0.29, 0.717) is 5.82 Å². The van der Waals surface area contributed by atoms with Gasteiger partial charge in [0.15, 0.2) is 11.5 Å². The van der Waals surface area contributed by atoms with Crippen molar-refractivity contribution in [3.05, 3.63) is 70.4 Å². The smallest absolute Gasteiger partial charge is 0.276 e. The number of carbonyl (C=O) groups is 1. The molecule has 0 fully saturated rings. The third-order valence-electron chi connectivity index (χ3n) is 4.97. The highest BCUT2D eigenvalue weighted by atomic mass is 16.2. The van der Waals surface area contributed by atoms with Crippen LogP contribution in [0.1, 0.15) is 45.2 Å². The molecule has 1 heterocycles. The van der Waals surface area contributed by atoms with Crippen molar-refractivity contribution in [1.82, 2.24) is 20.7 Å². The molecule has 3 N–H and O–H groups in total. The molecule has 1 amide bonds. The Morgan fingerprint density at radius 2 is 1.96 bits per heavy atom. The average molecular weight is 347 g/mol. The number of anilines is 2. The van der Waals surface area contributed by atoms with Gasteiger partial charge in [-0.25, -0.2) is 0 Å². The largest absolute Gasteiger partial charge is 0.344 e. The fourth-order valence-electron chi connectivity index (χ4n) is 3.37. The minimum absolute atomic E-state index is 0.0184. The number of carbonyl (C=O) groups excluding carboxylic acids is 1. The van der Waals surface area contributed by atoms with E-state index in [2.05, 4.69) is 52.0 Å². The number of aryl methyl sites for hydroxylation is 3. The van der Waals surface area contributed by atoms with E-state index in [0.717, 1.165) is 18.5 Å². The molecule has 0 radical (unpaired) electrons. The Morgan fingerprint density at radius 3 is 2.81 bits per heavy atom. The highest BCUT2D eigenvalue weighted by Gasteiger charge is 2.26. The van der Waals surface area contributed by atoms with Gasteiger partial charge in [-0.05, 0) is 61.1 Å². The van der Waals surface area contributed by atoms with Gasteiger partial charge in [-0.3, -0.25) is 4.79 Å². The molecule has 0 saturated heterocycles. The van der Waals surface area contributed by atoms with Crippen molar-refractivity contribution in [2.75, 3.05) is 5.32 Å². The summed E-state index contributed by atoms with van der Waals surface area (Å²) in [5.41, 5.74) is 6.02. The van der Waals surface area contributed by atoms with Crippen LogP contribution in [0.4, 0.5) is 11.5 Å². The van der Waals surface area contributed by atoms with Gasteiger partial charge in [0.25, 0.3) is 5.91 Å². The zero-order valence-corrected chi connectivity index (χ0v) is 14.8. The van der Waals surface area contributed by atoms with E-state index in [-0.39, 0.29) is 17.6 Å². The monoisotopic (exact) mass is 347 g/mol. The van der Waals surface area contributed by atoms with Crippen LogP contribution >= 0.6 is 0 Å². The first-order chi connectivity index (χ1) is 12.6. The first-order valence-corrected chi connectivity index (χ1v) is 8.75. The quantitative estimate of drug-likeness (QED) is 0.674. The number of hydrogen-bond acceptors (Lipinski definition) is 4. The Hall–Kier alpha value is -3.15. The Kier molecular flexibility index (Phi) is 4.16. The summed E-state index contributed by atoms with van der Waals surface area (Å²) in [6.45, 7) is 4.11. The van der Waals surface area contributed by atoms with Crippen LogP contribution in [-0.2, 0) is 6.42 Å². The van der Waals surface area contributed by atoms with E-state index >= 15 is 0 Å². The Balaban J connectivity index is 1.51. The Labute approximate surface area is 152 Å². The molecule has 26 heavy (non-hydrogen) atoms. The van der Waals surface area contributed by atoms with Crippen molar-refractivity contribution in [1.29, 1.82) is 0 Å². The molecule has 2 aromatic carbocycles. The summed E-state index contributed by atoms with van der Waals surface area (Å²) in [7, 11) is 0. The zero-order valence-electron chi connectivity index (χ0n) is 14.8. The van der Waals surface area contributed by atoms with Crippen molar-refractivity contribution in [3.8, 4) is 0 Å². The number of benzene rings is 2. The minimum atomic E-state index is -0.230. The number of nitrogens with zero attached hydrogens (tertiary/aromatic N) is 2. The SMILES string of the molecule is Cc1ccc(Nc2n[nH]nc2C(=O)N[C@H]2CCc3ccccc32)cc1C. The van der Waals surface area contributed by atoms with Gasteiger partial charge in [-0.1, -0.05) is 30.3 Å². The summed E-state index contributed by atoms with van der Waals surface area (Å²) in [4.78, 5) is 12.7. The molecule has 1 atom stereocenters. The maximum absolute atomic E-state index is 12.7. The van der Waals surface area contributed by atoms with Gasteiger partial charge in [0.05, 0.1) is 6.04 Å². The summed E-state index contributed by atoms with van der Waals surface area (Å²) in [6.07, 6.45) is 1.89. The van der Waals surface area contributed by atoms with Crippen LogP contribution < -0.4 is 10.6 Å². The highest BCUT2D eigenvalue weighted by Crippen LogP contribution is 2.31. The summed E-state index contributed by atoms with van der Waals surface area (Å²) < 4.78 is 0. The van der Waals surface area contributed by atoms with Crippen LogP contribution in [0.15, 0.2) is 42.5 Å². The maximum atomic E-state index is 12.7. The summed E-state index contributed by atoms with van der Waals surface area (Å²) >= 11 is 0. The summed E-state index contributed by atoms with van der Waals surface area (Å²) in [5.74, 6) is 0.198. The van der Waals surface area contributed by atoms with Gasteiger partial charge < -0.3 is 10.6 Å². The topological polar surface area (TPSA) is 82.7 Å². The van der Waals surface area contributed by atoms with Crippen molar-refractivity contribution in [3.63, 3.8) is 0 Å². The Morgan fingerprint density at radius 1 is 1.12 bits per heavy atom. The van der Waals surface area contributed by atoms with Gasteiger partial charge in [-0.2, -0.15) is 5.21 Å². The van der Waals surface area contributed by atoms with E-state index in [9.17, 15) is 4.79 Å². The number of aromatic amines is 1. The van der Waals surface area contributed by atoms with Gasteiger partial charge in [0, 0.05) is 5.69 Å². The van der Waals surface area contributed by atoms with Crippen LogP contribution in [-0.4, -0.2) is 21.3 Å². The molecule has 0 spiro atoms. The van der Waals surface area contributed by atoms with Gasteiger partial charge in [-0.15, -0.1) is 10.2 Å². The summed E-state index contributed by atoms with van der Waals surface area (Å²) in [6, 6.07) is 14.3. The molecule has 0 aliphatic heterocycles. The predicted octanol–water partition coefficient (Wildman–Crippen LogP) is 3.58. The van der Waals surface area contributed by atoms with Crippen molar-refractivity contribution >= 4 is 17.4 Å². The van der Waals surface area contributed by atoms with Gasteiger partial charge >= 0.3 is 0 Å². The molecule has 6 nitrogen and oxygen atoms in total. The predicted molar refractivity (Wildman–Crippen MR) is 101 cm³/mol. The van der Waals surface area contributed by atoms with Gasteiger partial charge in [0.2, 0.25) is 0 Å². The van der Waals surface area contributed by atoms with Crippen LogP contribution in [0.25, 0.3) is 0 Å². The number of fused-ring (bicyclic) bond motifs is 1. The second-order valence-electron chi connectivity index (χ2n) is 6.71. The maximum Gasteiger partial charge on any atom is 0.276 e. The number of aromatic nitrogens is 3. The first kappa shape index (κ1) is 16.3. The van der Waals surface area contributed by atoms with Gasteiger partial charge in [0.1, 0.15) is 0 Å². The average Bonchev–Trinajstić information content (AvgIpc) is 3.26. The number of rotatable bonds is 4. The molecular weight excluding hydrogens is 326 g/mol. The third-order valence-corrected chi connectivity index (χ3v) is 4.97.